The van der Waals surface area contributed by atoms with E-state index in [1.807, 2.05) is 27.7 Å². The fraction of sp³-hybridized carbons (Fsp3) is 0.556. The van der Waals surface area contributed by atoms with Crippen LogP contribution in [0.3, 0.4) is 0 Å². The summed E-state index contributed by atoms with van der Waals surface area (Å²) in [5.41, 5.74) is 0.924. The van der Waals surface area contributed by atoms with Crippen LogP contribution in [0.25, 0.3) is 0 Å². The number of benzene rings is 1. The lowest BCUT2D eigenvalue weighted by molar-refractivity contribution is -0.125. The molecule has 0 saturated carbocycles. The van der Waals surface area contributed by atoms with Crippen LogP contribution < -0.4 is 10.2 Å². The van der Waals surface area contributed by atoms with E-state index in [4.69, 9.17) is 0 Å². The van der Waals surface area contributed by atoms with Crippen molar-refractivity contribution in [3.8, 4) is 0 Å². The molecule has 1 aromatic carbocycles. The zero-order chi connectivity index (χ0) is 18.9. The van der Waals surface area contributed by atoms with Crippen LogP contribution in [-0.2, 0) is 19.4 Å². The number of carbonyl (C=O) groups excluding carboxylic acids is 2. The van der Waals surface area contributed by atoms with Gasteiger partial charge in [0.1, 0.15) is 6.04 Å². The normalized spacial score (nSPS) is 18.7. The molecule has 0 radical (unpaired) electrons. The molecule has 1 N–H and O–H groups in total. The van der Waals surface area contributed by atoms with Gasteiger partial charge in [0.05, 0.1) is 16.3 Å². The zero-order valence-electron chi connectivity index (χ0n) is 15.4. The number of nitrogens with zero attached hydrogens (tertiary/aromatic N) is 1. The number of hydrogen-bond donors (Lipinski definition) is 1. The first kappa shape index (κ1) is 19.4. The molecule has 0 fully saturated rings. The van der Waals surface area contributed by atoms with Gasteiger partial charge >= 0.3 is 0 Å². The van der Waals surface area contributed by atoms with Crippen molar-refractivity contribution in [2.24, 2.45) is 11.8 Å². The summed E-state index contributed by atoms with van der Waals surface area (Å²) in [5, 5.41) is 2.78. The van der Waals surface area contributed by atoms with Crippen molar-refractivity contribution in [1.29, 1.82) is 0 Å². The van der Waals surface area contributed by atoms with Crippen LogP contribution >= 0.6 is 0 Å². The molecule has 6 nitrogen and oxygen atoms in total. The summed E-state index contributed by atoms with van der Waals surface area (Å²) in [6.07, 6.45) is 2.19. The summed E-state index contributed by atoms with van der Waals surface area (Å²) in [4.78, 5) is 27.2. The molecule has 25 heavy (non-hydrogen) atoms. The van der Waals surface area contributed by atoms with E-state index < -0.39 is 15.9 Å². The maximum Gasteiger partial charge on any atom is 0.247 e. The van der Waals surface area contributed by atoms with E-state index in [2.05, 4.69) is 5.32 Å². The fourth-order valence-corrected chi connectivity index (χ4v) is 3.65. The highest BCUT2D eigenvalue weighted by atomic mass is 32.2. The van der Waals surface area contributed by atoms with Crippen molar-refractivity contribution in [1.82, 2.24) is 0 Å². The molecule has 1 heterocycles. The standard InChI is InChI=1S/C18H26N2O4S/c1-6-12(4)17-18(22)19-14-10-13(25(5,23)24)7-8-15(14)20(17)16(21)9-11(2)3/h7-8,10-12,17H,6,9H2,1-5H3,(H,19,22). The van der Waals surface area contributed by atoms with E-state index in [-0.39, 0.29) is 28.5 Å². The molecule has 2 amide bonds. The molecular formula is C18H26N2O4S. The first-order valence-corrected chi connectivity index (χ1v) is 10.4. The fourth-order valence-electron chi connectivity index (χ4n) is 3.00. The Morgan fingerprint density at radius 3 is 2.44 bits per heavy atom. The minimum atomic E-state index is -3.40. The van der Waals surface area contributed by atoms with Crippen LogP contribution in [0.15, 0.2) is 23.1 Å². The number of hydrogen-bond acceptors (Lipinski definition) is 4. The first-order valence-electron chi connectivity index (χ1n) is 8.53. The van der Waals surface area contributed by atoms with E-state index in [0.717, 1.165) is 12.7 Å². The molecule has 2 rings (SSSR count). The molecule has 0 spiro atoms. The third kappa shape index (κ3) is 4.03. The summed E-state index contributed by atoms with van der Waals surface area (Å²) >= 11 is 0. The molecule has 7 heteroatoms. The number of anilines is 2. The average Bonchev–Trinajstić information content (AvgIpc) is 2.50. The Labute approximate surface area is 149 Å². The summed E-state index contributed by atoms with van der Waals surface area (Å²) in [5.74, 6) is -0.249. The van der Waals surface area contributed by atoms with E-state index in [9.17, 15) is 18.0 Å². The van der Waals surface area contributed by atoms with Gasteiger partial charge in [-0.1, -0.05) is 34.1 Å². The Morgan fingerprint density at radius 2 is 1.92 bits per heavy atom. The number of nitrogens with one attached hydrogen (secondary N) is 1. The second kappa shape index (κ2) is 7.15. The topological polar surface area (TPSA) is 83.6 Å². The predicted molar refractivity (Wildman–Crippen MR) is 98.4 cm³/mol. The Kier molecular flexibility index (Phi) is 5.56. The van der Waals surface area contributed by atoms with Gasteiger partial charge in [0.2, 0.25) is 11.8 Å². The molecule has 1 aliphatic heterocycles. The Hall–Kier alpha value is -1.89. The van der Waals surface area contributed by atoms with Crippen LogP contribution in [0.2, 0.25) is 0 Å². The molecule has 2 atom stereocenters. The van der Waals surface area contributed by atoms with Gasteiger partial charge in [-0.25, -0.2) is 8.42 Å². The van der Waals surface area contributed by atoms with Crippen LogP contribution in [0.5, 0.6) is 0 Å². The molecule has 1 aliphatic rings. The van der Waals surface area contributed by atoms with Gasteiger partial charge in [-0.15, -0.1) is 0 Å². The summed E-state index contributed by atoms with van der Waals surface area (Å²) in [7, 11) is -3.40. The lowest BCUT2D eigenvalue weighted by Crippen LogP contribution is -2.54. The largest absolute Gasteiger partial charge is 0.322 e. The van der Waals surface area contributed by atoms with Gasteiger partial charge in [0.15, 0.2) is 9.84 Å². The van der Waals surface area contributed by atoms with Crippen molar-refractivity contribution in [2.75, 3.05) is 16.5 Å². The monoisotopic (exact) mass is 366 g/mol. The molecule has 2 unspecified atom stereocenters. The third-order valence-corrected chi connectivity index (χ3v) is 5.61. The van der Waals surface area contributed by atoms with E-state index in [0.29, 0.717) is 17.8 Å². The highest BCUT2D eigenvalue weighted by Crippen LogP contribution is 2.37. The van der Waals surface area contributed by atoms with Crippen molar-refractivity contribution in [2.45, 2.75) is 51.5 Å². The minimum Gasteiger partial charge on any atom is -0.322 e. The Balaban J connectivity index is 2.58. The van der Waals surface area contributed by atoms with Gasteiger partial charge in [-0.3, -0.25) is 14.5 Å². The lowest BCUT2D eigenvalue weighted by Gasteiger charge is -2.39. The van der Waals surface area contributed by atoms with E-state index in [1.54, 1.807) is 11.0 Å². The number of rotatable bonds is 5. The predicted octanol–water partition coefficient (Wildman–Crippen LogP) is 2.84. The lowest BCUT2D eigenvalue weighted by atomic mass is 9.93. The second-order valence-electron chi connectivity index (χ2n) is 7.13. The quantitative estimate of drug-likeness (QED) is 0.868. The SMILES string of the molecule is CCC(C)C1C(=O)Nc2cc(S(C)(=O)=O)ccc2N1C(=O)CC(C)C. The number of sulfone groups is 1. The number of amides is 2. The van der Waals surface area contributed by atoms with E-state index >= 15 is 0 Å². The van der Waals surface area contributed by atoms with Gasteiger partial charge in [0.25, 0.3) is 0 Å². The van der Waals surface area contributed by atoms with Crippen molar-refractivity contribution >= 4 is 33.0 Å². The average molecular weight is 366 g/mol. The summed E-state index contributed by atoms with van der Waals surface area (Å²) in [6.45, 7) is 7.82. The molecule has 138 valence electrons. The number of carbonyl (C=O) groups is 2. The van der Waals surface area contributed by atoms with Crippen molar-refractivity contribution in [3.05, 3.63) is 18.2 Å². The molecule has 0 aromatic heterocycles. The summed E-state index contributed by atoms with van der Waals surface area (Å²) < 4.78 is 23.6. The highest BCUT2D eigenvalue weighted by molar-refractivity contribution is 7.90. The van der Waals surface area contributed by atoms with Crippen LogP contribution in [-0.4, -0.2) is 32.5 Å². The molecule has 1 aromatic rings. The molecule has 0 saturated heterocycles. The van der Waals surface area contributed by atoms with Gasteiger partial charge < -0.3 is 5.32 Å². The van der Waals surface area contributed by atoms with Gasteiger partial charge in [0, 0.05) is 12.7 Å². The van der Waals surface area contributed by atoms with Crippen molar-refractivity contribution in [3.63, 3.8) is 0 Å². The van der Waals surface area contributed by atoms with Gasteiger partial charge in [-0.05, 0) is 30.0 Å². The maximum atomic E-state index is 12.9. The summed E-state index contributed by atoms with van der Waals surface area (Å²) in [6, 6.07) is 3.92. The molecule has 0 bridgehead atoms. The first-order chi connectivity index (χ1) is 11.6. The highest BCUT2D eigenvalue weighted by Gasteiger charge is 2.39. The van der Waals surface area contributed by atoms with Crippen LogP contribution in [0.1, 0.15) is 40.5 Å². The third-order valence-electron chi connectivity index (χ3n) is 4.49. The minimum absolute atomic E-state index is 0.0150. The van der Waals surface area contributed by atoms with Crippen molar-refractivity contribution < 1.29 is 18.0 Å². The Bertz CT molecular complexity index is 786. The maximum absolute atomic E-state index is 12.9. The van der Waals surface area contributed by atoms with Crippen LogP contribution in [0.4, 0.5) is 11.4 Å². The zero-order valence-corrected chi connectivity index (χ0v) is 16.2. The van der Waals surface area contributed by atoms with Gasteiger partial charge in [-0.2, -0.15) is 0 Å². The molecule has 0 aliphatic carbocycles. The smallest absolute Gasteiger partial charge is 0.247 e. The number of fused-ring (bicyclic) bond motifs is 1. The molecular weight excluding hydrogens is 340 g/mol. The second-order valence-corrected chi connectivity index (χ2v) is 9.15. The van der Waals surface area contributed by atoms with E-state index in [1.165, 1.54) is 12.1 Å². The van der Waals surface area contributed by atoms with Crippen LogP contribution in [0, 0.1) is 11.8 Å². The Morgan fingerprint density at radius 1 is 1.28 bits per heavy atom.